The van der Waals surface area contributed by atoms with Crippen molar-refractivity contribution in [2.24, 2.45) is 5.92 Å². The molecule has 0 N–H and O–H groups in total. The maximum atomic E-state index is 12.4. The Morgan fingerprint density at radius 3 is 3.07 bits per heavy atom. The average Bonchev–Trinajstić information content (AvgIpc) is 3.36. The van der Waals surface area contributed by atoms with E-state index in [4.69, 9.17) is 14.4 Å². The Labute approximate surface area is 174 Å². The van der Waals surface area contributed by atoms with Gasteiger partial charge in [0.15, 0.2) is 11.5 Å². The lowest BCUT2D eigenvalue weighted by atomic mass is 10.1. The highest BCUT2D eigenvalue weighted by Gasteiger charge is 2.29. The fraction of sp³-hybridized carbons (Fsp3) is 0.476. The van der Waals surface area contributed by atoms with Crippen LogP contribution in [0.15, 0.2) is 29.0 Å². The van der Waals surface area contributed by atoms with Gasteiger partial charge in [0.1, 0.15) is 0 Å². The molecule has 0 spiro atoms. The number of amides is 1. The van der Waals surface area contributed by atoms with E-state index >= 15 is 0 Å². The minimum atomic E-state index is -0.0862. The minimum Gasteiger partial charge on any atom is -0.376 e. The molecule has 9 heteroatoms. The van der Waals surface area contributed by atoms with Crippen molar-refractivity contribution < 1.29 is 14.1 Å². The van der Waals surface area contributed by atoms with Gasteiger partial charge in [0.25, 0.3) is 11.8 Å². The van der Waals surface area contributed by atoms with E-state index in [-0.39, 0.29) is 5.91 Å². The normalized spacial score (nSPS) is 15.8. The Morgan fingerprint density at radius 2 is 2.27 bits per heavy atom. The van der Waals surface area contributed by atoms with Crippen LogP contribution >= 0.6 is 0 Å². The average molecular weight is 408 g/mol. The zero-order valence-corrected chi connectivity index (χ0v) is 17.0. The van der Waals surface area contributed by atoms with Crippen molar-refractivity contribution >= 4 is 5.91 Å². The first-order valence-electron chi connectivity index (χ1n) is 10.3. The highest BCUT2D eigenvalue weighted by Crippen LogP contribution is 2.34. The quantitative estimate of drug-likeness (QED) is 0.590. The highest BCUT2D eigenvalue weighted by molar-refractivity contribution is 5.93. The monoisotopic (exact) mass is 408 g/mol. The summed E-state index contributed by atoms with van der Waals surface area (Å²) < 4.78 is 13.3. The van der Waals surface area contributed by atoms with Crippen LogP contribution in [0, 0.1) is 5.92 Å². The van der Waals surface area contributed by atoms with Crippen LogP contribution in [-0.4, -0.2) is 55.9 Å². The summed E-state index contributed by atoms with van der Waals surface area (Å²) >= 11 is 0. The smallest absolute Gasteiger partial charge is 0.278 e. The fourth-order valence-corrected chi connectivity index (χ4v) is 3.71. The highest BCUT2D eigenvalue weighted by atomic mass is 16.5. The van der Waals surface area contributed by atoms with Gasteiger partial charge in [-0.05, 0) is 30.9 Å². The van der Waals surface area contributed by atoms with Gasteiger partial charge in [-0.2, -0.15) is 10.1 Å². The Bertz CT molecular complexity index is 1040. The van der Waals surface area contributed by atoms with Gasteiger partial charge in [-0.15, -0.1) is 0 Å². The van der Waals surface area contributed by atoms with E-state index < -0.39 is 0 Å². The van der Waals surface area contributed by atoms with Crippen LogP contribution in [0.1, 0.15) is 40.3 Å². The van der Waals surface area contributed by atoms with Crippen molar-refractivity contribution in [3.8, 4) is 11.6 Å². The first-order valence-corrected chi connectivity index (χ1v) is 10.3. The molecule has 4 heterocycles. The van der Waals surface area contributed by atoms with Crippen LogP contribution in [0.2, 0.25) is 0 Å². The van der Waals surface area contributed by atoms with Gasteiger partial charge in [0.2, 0.25) is 0 Å². The van der Waals surface area contributed by atoms with E-state index in [1.165, 1.54) is 18.5 Å². The summed E-state index contributed by atoms with van der Waals surface area (Å²) in [6.07, 6.45) is 7.11. The van der Waals surface area contributed by atoms with Crippen LogP contribution in [-0.2, 0) is 30.7 Å². The Balaban J connectivity index is 1.29. The van der Waals surface area contributed by atoms with E-state index in [9.17, 15) is 4.79 Å². The minimum absolute atomic E-state index is 0.0862. The molecule has 2 aliphatic rings. The molecule has 1 saturated carbocycles. The number of aromatic nitrogens is 5. The Hall–Kier alpha value is -3.07. The Morgan fingerprint density at radius 1 is 1.37 bits per heavy atom. The number of hydrogen-bond donors (Lipinski definition) is 0. The van der Waals surface area contributed by atoms with Crippen LogP contribution in [0.4, 0.5) is 0 Å². The molecule has 0 saturated heterocycles. The van der Waals surface area contributed by atoms with Crippen LogP contribution in [0.25, 0.3) is 11.6 Å². The van der Waals surface area contributed by atoms with Crippen molar-refractivity contribution in [2.75, 3.05) is 20.2 Å². The lowest BCUT2D eigenvalue weighted by Gasteiger charge is -2.15. The van der Waals surface area contributed by atoms with E-state index in [1.54, 1.807) is 36.5 Å². The van der Waals surface area contributed by atoms with Gasteiger partial charge >= 0.3 is 0 Å². The lowest BCUT2D eigenvalue weighted by molar-refractivity contribution is 0.0795. The SMILES string of the molecule is CN(CCc1noc(-c2nn(CC3CC3)c3c2COCC3)n1)C(=O)c1cccnc1. The fourth-order valence-electron chi connectivity index (χ4n) is 3.71. The van der Waals surface area contributed by atoms with Gasteiger partial charge in [-0.25, -0.2) is 0 Å². The zero-order valence-electron chi connectivity index (χ0n) is 17.0. The second-order valence-electron chi connectivity index (χ2n) is 7.94. The van der Waals surface area contributed by atoms with Crippen LogP contribution in [0.3, 0.4) is 0 Å². The summed E-state index contributed by atoms with van der Waals surface area (Å²) in [6, 6.07) is 3.50. The number of nitrogens with zero attached hydrogens (tertiary/aromatic N) is 6. The maximum absolute atomic E-state index is 12.4. The molecule has 1 aliphatic carbocycles. The standard InChI is InChI=1S/C21H24N6O3/c1-26(21(28)15-3-2-8-22-11-15)9-6-18-23-20(30-25-18)19-16-13-29-10-7-17(16)27(24-19)12-14-4-5-14/h2-3,8,11,14H,4-7,9-10,12-13H2,1H3. The zero-order chi connectivity index (χ0) is 20.5. The number of hydrogen-bond acceptors (Lipinski definition) is 7. The number of pyridine rings is 1. The molecule has 1 aliphatic heterocycles. The topological polar surface area (TPSA) is 99.2 Å². The number of fused-ring (bicyclic) bond motifs is 1. The molecule has 0 atom stereocenters. The molecule has 0 radical (unpaired) electrons. The summed E-state index contributed by atoms with van der Waals surface area (Å²) in [4.78, 5) is 22.6. The van der Waals surface area contributed by atoms with E-state index in [2.05, 4.69) is 19.8 Å². The molecule has 0 bridgehead atoms. The number of rotatable bonds is 7. The van der Waals surface area contributed by atoms with Crippen molar-refractivity contribution in [2.45, 2.75) is 38.8 Å². The first-order chi connectivity index (χ1) is 14.7. The maximum Gasteiger partial charge on any atom is 0.278 e. The number of carbonyl (C=O) groups excluding carboxylic acids is 1. The van der Waals surface area contributed by atoms with Crippen molar-refractivity contribution in [3.63, 3.8) is 0 Å². The van der Waals surface area contributed by atoms with Gasteiger partial charge in [-0.3, -0.25) is 14.5 Å². The van der Waals surface area contributed by atoms with Crippen molar-refractivity contribution in [1.29, 1.82) is 0 Å². The van der Waals surface area contributed by atoms with E-state index in [1.807, 2.05) is 0 Å². The number of likely N-dealkylation sites (N-methyl/N-ethyl adjacent to an activating group) is 1. The van der Waals surface area contributed by atoms with Crippen LogP contribution < -0.4 is 0 Å². The molecule has 3 aromatic heterocycles. The van der Waals surface area contributed by atoms with Gasteiger partial charge in [0.05, 0.1) is 18.8 Å². The first kappa shape index (κ1) is 18.9. The molecule has 3 aromatic rings. The second-order valence-corrected chi connectivity index (χ2v) is 7.94. The number of ether oxygens (including phenoxy) is 1. The second kappa shape index (κ2) is 7.98. The molecule has 1 amide bonds. The molecule has 9 nitrogen and oxygen atoms in total. The Kier molecular flexibility index (Phi) is 5.04. The predicted octanol–water partition coefficient (Wildman–Crippen LogP) is 2.13. The van der Waals surface area contributed by atoms with Gasteiger partial charge in [0, 0.05) is 56.6 Å². The van der Waals surface area contributed by atoms with E-state index in [0.717, 1.165) is 36.7 Å². The van der Waals surface area contributed by atoms with Crippen molar-refractivity contribution in [3.05, 3.63) is 47.2 Å². The summed E-state index contributed by atoms with van der Waals surface area (Å²) in [7, 11) is 1.75. The summed E-state index contributed by atoms with van der Waals surface area (Å²) in [5, 5.41) is 8.89. The third-order valence-corrected chi connectivity index (χ3v) is 5.62. The molecule has 30 heavy (non-hydrogen) atoms. The van der Waals surface area contributed by atoms with Crippen molar-refractivity contribution in [1.82, 2.24) is 29.8 Å². The third kappa shape index (κ3) is 3.85. The lowest BCUT2D eigenvalue weighted by Crippen LogP contribution is -2.29. The van der Waals surface area contributed by atoms with Gasteiger partial charge in [-0.1, -0.05) is 5.16 Å². The summed E-state index contributed by atoms with van der Waals surface area (Å²) in [5.41, 5.74) is 3.57. The third-order valence-electron chi connectivity index (χ3n) is 5.62. The molecular weight excluding hydrogens is 384 g/mol. The molecule has 5 rings (SSSR count). The summed E-state index contributed by atoms with van der Waals surface area (Å²) in [6.45, 7) is 2.67. The van der Waals surface area contributed by atoms with Crippen LogP contribution in [0.5, 0.6) is 0 Å². The van der Waals surface area contributed by atoms with Gasteiger partial charge < -0.3 is 14.2 Å². The summed E-state index contributed by atoms with van der Waals surface area (Å²) in [5.74, 6) is 1.62. The molecule has 156 valence electrons. The molecule has 1 fully saturated rings. The molecule has 0 unspecified atom stereocenters. The predicted molar refractivity (Wildman–Crippen MR) is 107 cm³/mol. The molecule has 0 aromatic carbocycles. The largest absolute Gasteiger partial charge is 0.376 e. The molecular formula is C21H24N6O3. The number of carbonyl (C=O) groups is 1. The van der Waals surface area contributed by atoms with E-state index in [0.29, 0.717) is 36.9 Å².